The molecule has 0 bridgehead atoms. The number of aromatic amines is 1. The SMILES string of the molecule is Cc1ccc(-c2cc(C(=O)N[C@@H](CC(C)C)C(N)=O)[nH]n2)cc1. The highest BCUT2D eigenvalue weighted by atomic mass is 16.2. The number of benzene rings is 1. The first-order valence-electron chi connectivity index (χ1n) is 7.59. The number of primary amides is 1. The van der Waals surface area contributed by atoms with Crippen LogP contribution in [0.1, 0.15) is 36.3 Å². The summed E-state index contributed by atoms with van der Waals surface area (Å²) in [4.78, 5) is 23.7. The van der Waals surface area contributed by atoms with Crippen molar-refractivity contribution in [3.05, 3.63) is 41.6 Å². The molecule has 0 unspecified atom stereocenters. The standard InChI is InChI=1S/C17H22N4O2/c1-10(2)8-14(16(18)22)19-17(23)15-9-13(20-21-15)12-6-4-11(3)5-7-12/h4-7,9-10,14H,8H2,1-3H3,(H2,18,22)(H,19,23)(H,20,21)/t14-/m0/s1. The highest BCUT2D eigenvalue weighted by Crippen LogP contribution is 2.18. The Balaban J connectivity index is 2.11. The Morgan fingerprint density at radius 3 is 2.48 bits per heavy atom. The Bertz CT molecular complexity index is 689. The van der Waals surface area contributed by atoms with E-state index in [1.165, 1.54) is 0 Å². The Kier molecular flexibility index (Phi) is 5.16. The van der Waals surface area contributed by atoms with E-state index in [1.807, 2.05) is 45.0 Å². The molecule has 0 spiro atoms. The molecule has 0 saturated carbocycles. The van der Waals surface area contributed by atoms with E-state index in [9.17, 15) is 9.59 Å². The highest BCUT2D eigenvalue weighted by Gasteiger charge is 2.21. The summed E-state index contributed by atoms with van der Waals surface area (Å²) in [6, 6.07) is 8.82. The molecule has 0 radical (unpaired) electrons. The van der Waals surface area contributed by atoms with Crippen LogP contribution in [0.3, 0.4) is 0 Å². The molecule has 1 aromatic carbocycles. The van der Waals surface area contributed by atoms with Crippen molar-refractivity contribution in [3.63, 3.8) is 0 Å². The van der Waals surface area contributed by atoms with E-state index in [-0.39, 0.29) is 11.8 Å². The van der Waals surface area contributed by atoms with Crippen molar-refractivity contribution in [3.8, 4) is 11.3 Å². The lowest BCUT2D eigenvalue weighted by Crippen LogP contribution is -2.45. The lowest BCUT2D eigenvalue weighted by atomic mass is 10.0. The van der Waals surface area contributed by atoms with Crippen LogP contribution in [0, 0.1) is 12.8 Å². The van der Waals surface area contributed by atoms with Gasteiger partial charge in [-0.05, 0) is 25.3 Å². The van der Waals surface area contributed by atoms with Gasteiger partial charge in [0.1, 0.15) is 11.7 Å². The van der Waals surface area contributed by atoms with Crippen molar-refractivity contribution >= 4 is 11.8 Å². The number of nitrogens with two attached hydrogens (primary N) is 1. The molecule has 2 rings (SSSR count). The monoisotopic (exact) mass is 314 g/mol. The second kappa shape index (κ2) is 7.09. The molecule has 6 nitrogen and oxygen atoms in total. The number of carbonyl (C=O) groups is 2. The fourth-order valence-electron chi connectivity index (χ4n) is 2.26. The number of nitrogens with one attached hydrogen (secondary N) is 2. The third kappa shape index (κ3) is 4.42. The van der Waals surface area contributed by atoms with Gasteiger partial charge in [-0.2, -0.15) is 5.10 Å². The van der Waals surface area contributed by atoms with Crippen LogP contribution in [-0.4, -0.2) is 28.1 Å². The summed E-state index contributed by atoms with van der Waals surface area (Å²) >= 11 is 0. The third-order valence-electron chi connectivity index (χ3n) is 3.53. The summed E-state index contributed by atoms with van der Waals surface area (Å²) in [5, 5.41) is 9.50. The van der Waals surface area contributed by atoms with Gasteiger partial charge in [-0.1, -0.05) is 43.7 Å². The maximum atomic E-state index is 12.2. The molecule has 1 heterocycles. The van der Waals surface area contributed by atoms with Gasteiger partial charge in [0, 0.05) is 5.56 Å². The lowest BCUT2D eigenvalue weighted by Gasteiger charge is -2.16. The van der Waals surface area contributed by atoms with Gasteiger partial charge in [-0.25, -0.2) is 0 Å². The summed E-state index contributed by atoms with van der Waals surface area (Å²) < 4.78 is 0. The van der Waals surface area contributed by atoms with Gasteiger partial charge in [0.25, 0.3) is 5.91 Å². The molecule has 23 heavy (non-hydrogen) atoms. The number of hydrogen-bond donors (Lipinski definition) is 3. The molecule has 0 fully saturated rings. The van der Waals surface area contributed by atoms with Gasteiger partial charge in [0.2, 0.25) is 5.91 Å². The quantitative estimate of drug-likeness (QED) is 0.760. The van der Waals surface area contributed by atoms with E-state index in [4.69, 9.17) is 5.73 Å². The molecule has 1 aromatic heterocycles. The minimum absolute atomic E-state index is 0.248. The maximum absolute atomic E-state index is 12.2. The minimum Gasteiger partial charge on any atom is -0.368 e. The number of aryl methyl sites for hydroxylation is 1. The highest BCUT2D eigenvalue weighted by molar-refractivity contribution is 5.96. The predicted molar refractivity (Wildman–Crippen MR) is 88.7 cm³/mol. The summed E-state index contributed by atoms with van der Waals surface area (Å²) in [6.45, 7) is 5.94. The van der Waals surface area contributed by atoms with Gasteiger partial charge >= 0.3 is 0 Å². The zero-order chi connectivity index (χ0) is 17.0. The van der Waals surface area contributed by atoms with Gasteiger partial charge in [-0.3, -0.25) is 14.7 Å². The van der Waals surface area contributed by atoms with Crippen LogP contribution >= 0.6 is 0 Å². The number of amides is 2. The van der Waals surface area contributed by atoms with E-state index in [2.05, 4.69) is 15.5 Å². The fourth-order valence-corrected chi connectivity index (χ4v) is 2.26. The van der Waals surface area contributed by atoms with Crippen LogP contribution in [0.4, 0.5) is 0 Å². The van der Waals surface area contributed by atoms with Crippen LogP contribution in [0.2, 0.25) is 0 Å². The number of carbonyl (C=O) groups excluding carboxylic acids is 2. The third-order valence-corrected chi connectivity index (χ3v) is 3.53. The molecular formula is C17H22N4O2. The van der Waals surface area contributed by atoms with Gasteiger partial charge < -0.3 is 11.1 Å². The van der Waals surface area contributed by atoms with Gasteiger partial charge in [0.05, 0.1) is 5.69 Å². The average molecular weight is 314 g/mol. The zero-order valence-electron chi connectivity index (χ0n) is 13.6. The molecule has 1 atom stereocenters. The minimum atomic E-state index is -0.686. The summed E-state index contributed by atoms with van der Waals surface area (Å²) in [5.41, 5.74) is 8.39. The lowest BCUT2D eigenvalue weighted by molar-refractivity contribution is -0.120. The topological polar surface area (TPSA) is 101 Å². The van der Waals surface area contributed by atoms with Crippen molar-refractivity contribution in [1.29, 1.82) is 0 Å². The van der Waals surface area contributed by atoms with Crippen molar-refractivity contribution in [1.82, 2.24) is 15.5 Å². The molecule has 0 aliphatic heterocycles. The molecular weight excluding hydrogens is 292 g/mol. The Morgan fingerprint density at radius 2 is 1.91 bits per heavy atom. The van der Waals surface area contributed by atoms with Crippen molar-refractivity contribution in [2.45, 2.75) is 33.2 Å². The van der Waals surface area contributed by atoms with E-state index >= 15 is 0 Å². The fraction of sp³-hybridized carbons (Fsp3) is 0.353. The summed E-state index contributed by atoms with van der Waals surface area (Å²) in [5.74, 6) is -0.677. The number of hydrogen-bond acceptors (Lipinski definition) is 3. The number of rotatable bonds is 6. The van der Waals surface area contributed by atoms with Crippen molar-refractivity contribution < 1.29 is 9.59 Å². The summed E-state index contributed by atoms with van der Waals surface area (Å²) in [6.07, 6.45) is 0.500. The Morgan fingerprint density at radius 1 is 1.26 bits per heavy atom. The zero-order valence-corrected chi connectivity index (χ0v) is 13.6. The van der Waals surface area contributed by atoms with Crippen molar-refractivity contribution in [2.75, 3.05) is 0 Å². The molecule has 6 heteroatoms. The second-order valence-corrected chi connectivity index (χ2v) is 6.09. The molecule has 2 aromatic rings. The van der Waals surface area contributed by atoms with Crippen LogP contribution in [0.25, 0.3) is 11.3 Å². The molecule has 0 saturated heterocycles. The van der Waals surface area contributed by atoms with Crippen LogP contribution in [-0.2, 0) is 4.79 Å². The van der Waals surface area contributed by atoms with E-state index in [0.29, 0.717) is 17.8 Å². The first-order valence-corrected chi connectivity index (χ1v) is 7.59. The van der Waals surface area contributed by atoms with E-state index < -0.39 is 11.9 Å². The summed E-state index contributed by atoms with van der Waals surface area (Å²) in [7, 11) is 0. The molecule has 0 aliphatic carbocycles. The van der Waals surface area contributed by atoms with Gasteiger partial charge in [-0.15, -0.1) is 0 Å². The van der Waals surface area contributed by atoms with Crippen LogP contribution < -0.4 is 11.1 Å². The van der Waals surface area contributed by atoms with Crippen LogP contribution in [0.15, 0.2) is 30.3 Å². The molecule has 122 valence electrons. The second-order valence-electron chi connectivity index (χ2n) is 6.09. The maximum Gasteiger partial charge on any atom is 0.269 e. The first kappa shape index (κ1) is 16.7. The van der Waals surface area contributed by atoms with Crippen LogP contribution in [0.5, 0.6) is 0 Å². The smallest absolute Gasteiger partial charge is 0.269 e. The van der Waals surface area contributed by atoms with Gasteiger partial charge in [0.15, 0.2) is 0 Å². The van der Waals surface area contributed by atoms with E-state index in [0.717, 1.165) is 11.1 Å². The average Bonchev–Trinajstić information content (AvgIpc) is 2.96. The Labute approximate surface area is 135 Å². The number of nitrogens with zero attached hydrogens (tertiary/aromatic N) is 1. The first-order chi connectivity index (χ1) is 10.9. The van der Waals surface area contributed by atoms with E-state index in [1.54, 1.807) is 6.07 Å². The largest absolute Gasteiger partial charge is 0.368 e. The molecule has 2 amide bonds. The molecule has 4 N–H and O–H groups in total. The number of H-pyrrole nitrogens is 1. The number of aromatic nitrogens is 2. The molecule has 0 aliphatic rings. The normalized spacial score (nSPS) is 12.2. The predicted octanol–water partition coefficient (Wildman–Crippen LogP) is 2.01. The Hall–Kier alpha value is -2.63. The van der Waals surface area contributed by atoms with Crippen molar-refractivity contribution in [2.24, 2.45) is 11.7 Å².